The van der Waals surface area contributed by atoms with Crippen molar-refractivity contribution in [3.05, 3.63) is 164 Å². The number of rotatable bonds is 3. The molecule has 10 rings (SSSR count). The highest BCUT2D eigenvalue weighted by Gasteiger charge is 2.20. The van der Waals surface area contributed by atoms with Crippen LogP contribution >= 0.6 is 0 Å². The Morgan fingerprint density at radius 3 is 1.91 bits per heavy atom. The van der Waals surface area contributed by atoms with Gasteiger partial charge in [0, 0.05) is 27.4 Å². The first kappa shape index (κ1) is 25.2. The molecule has 0 saturated carbocycles. The predicted octanol–water partition coefficient (Wildman–Crippen LogP) is 12.2. The van der Waals surface area contributed by atoms with Crippen LogP contribution in [0.5, 0.6) is 11.5 Å². The van der Waals surface area contributed by atoms with Gasteiger partial charge in [0.2, 0.25) is 0 Å². The van der Waals surface area contributed by atoms with Crippen LogP contribution in [0, 0.1) is 0 Å². The summed E-state index contributed by atoms with van der Waals surface area (Å²) in [5, 5.41) is 7.49. The van der Waals surface area contributed by atoms with Crippen molar-refractivity contribution >= 4 is 43.4 Å². The Bertz CT molecular complexity index is 2640. The second-order valence-corrected chi connectivity index (χ2v) is 12.1. The minimum absolute atomic E-state index is 0.904. The van der Waals surface area contributed by atoms with Crippen LogP contribution < -0.4 is 4.74 Å². The minimum atomic E-state index is 0.904. The van der Waals surface area contributed by atoms with E-state index in [0.717, 1.165) is 17.1 Å². The third kappa shape index (κ3) is 3.71. The van der Waals surface area contributed by atoms with Crippen molar-refractivity contribution in [2.75, 3.05) is 0 Å². The maximum Gasteiger partial charge on any atom is 0.135 e. The topological polar surface area (TPSA) is 14.2 Å². The fourth-order valence-electron chi connectivity index (χ4n) is 7.42. The van der Waals surface area contributed by atoms with Crippen molar-refractivity contribution < 1.29 is 4.74 Å². The lowest BCUT2D eigenvalue weighted by atomic mass is 9.92. The number of para-hydroxylation sites is 1. The molecular weight excluding hydrogens is 558 g/mol. The average molecular weight is 586 g/mol. The third-order valence-electron chi connectivity index (χ3n) is 9.58. The van der Waals surface area contributed by atoms with Gasteiger partial charge in [0.05, 0.1) is 11.0 Å². The first-order valence-electron chi connectivity index (χ1n) is 15.8. The van der Waals surface area contributed by atoms with Crippen molar-refractivity contribution in [1.29, 1.82) is 0 Å². The van der Waals surface area contributed by atoms with Crippen LogP contribution in [0.25, 0.3) is 82.4 Å². The number of hydrogen-bond acceptors (Lipinski definition) is 1. The van der Waals surface area contributed by atoms with Crippen LogP contribution in [-0.4, -0.2) is 4.57 Å². The minimum Gasteiger partial charge on any atom is -0.456 e. The molecule has 214 valence electrons. The molecule has 0 fully saturated rings. The molecule has 0 aliphatic carbocycles. The van der Waals surface area contributed by atoms with Gasteiger partial charge in [0.1, 0.15) is 11.5 Å². The molecule has 0 atom stereocenters. The number of fused-ring (bicyclic) bond motifs is 7. The SMILES string of the molecule is c1ccc(-n2c3cc(-c4ccc(-c5ccc6c(c5)-c5cccc7cccc(c57)O6)cc4)ccc3c3c4ccccc4ccc32)cc1. The van der Waals surface area contributed by atoms with Gasteiger partial charge in [-0.3, -0.25) is 0 Å². The second-order valence-electron chi connectivity index (χ2n) is 12.1. The summed E-state index contributed by atoms with van der Waals surface area (Å²) < 4.78 is 8.74. The lowest BCUT2D eigenvalue weighted by Gasteiger charge is -2.22. The molecule has 1 aromatic heterocycles. The summed E-state index contributed by atoms with van der Waals surface area (Å²) in [7, 11) is 0. The molecule has 2 heteroatoms. The molecule has 2 nitrogen and oxygen atoms in total. The van der Waals surface area contributed by atoms with Gasteiger partial charge in [0.25, 0.3) is 0 Å². The zero-order valence-electron chi connectivity index (χ0n) is 24.9. The standard InChI is InChI=1S/C44H27NO/c1-2-11-34(12-3-1)45-39-24-21-30-8-4-5-13-35(30)44(39)37-23-20-33(27-40(37)45)29-18-16-28(17-19-29)32-22-25-41-38(26-32)36-14-6-9-31-10-7-15-42(46-41)43(31)36/h1-27H. The summed E-state index contributed by atoms with van der Waals surface area (Å²) >= 11 is 0. The van der Waals surface area contributed by atoms with E-state index < -0.39 is 0 Å². The van der Waals surface area contributed by atoms with Gasteiger partial charge in [-0.05, 0) is 86.4 Å². The van der Waals surface area contributed by atoms with Gasteiger partial charge in [-0.1, -0.05) is 121 Å². The number of aromatic nitrogens is 1. The van der Waals surface area contributed by atoms with E-state index in [1.165, 1.54) is 76.9 Å². The van der Waals surface area contributed by atoms with Crippen molar-refractivity contribution in [3.63, 3.8) is 0 Å². The maximum absolute atomic E-state index is 6.34. The second kappa shape index (κ2) is 9.69. The first-order chi connectivity index (χ1) is 22.8. The molecule has 0 bridgehead atoms. The Balaban J connectivity index is 1.09. The van der Waals surface area contributed by atoms with Crippen LogP contribution in [0.3, 0.4) is 0 Å². The van der Waals surface area contributed by atoms with Crippen molar-refractivity contribution in [2.24, 2.45) is 0 Å². The van der Waals surface area contributed by atoms with E-state index in [1.807, 2.05) is 0 Å². The normalized spacial score (nSPS) is 12.1. The predicted molar refractivity (Wildman–Crippen MR) is 192 cm³/mol. The summed E-state index contributed by atoms with van der Waals surface area (Å²) in [6, 6.07) is 59.0. The smallest absolute Gasteiger partial charge is 0.135 e. The largest absolute Gasteiger partial charge is 0.456 e. The van der Waals surface area contributed by atoms with Gasteiger partial charge in [-0.2, -0.15) is 0 Å². The third-order valence-corrected chi connectivity index (χ3v) is 9.58. The van der Waals surface area contributed by atoms with Gasteiger partial charge >= 0.3 is 0 Å². The molecule has 0 spiro atoms. The van der Waals surface area contributed by atoms with Crippen LogP contribution in [0.1, 0.15) is 0 Å². The molecule has 8 aromatic carbocycles. The molecule has 0 radical (unpaired) electrons. The first-order valence-corrected chi connectivity index (χ1v) is 15.8. The van der Waals surface area contributed by atoms with E-state index in [4.69, 9.17) is 4.74 Å². The molecule has 0 unspecified atom stereocenters. The van der Waals surface area contributed by atoms with Crippen molar-refractivity contribution in [1.82, 2.24) is 4.57 Å². The molecule has 0 N–H and O–H groups in total. The zero-order valence-corrected chi connectivity index (χ0v) is 24.9. The zero-order chi connectivity index (χ0) is 30.2. The fraction of sp³-hybridized carbons (Fsp3) is 0. The molecule has 2 heterocycles. The van der Waals surface area contributed by atoms with Gasteiger partial charge in [-0.15, -0.1) is 0 Å². The highest BCUT2D eigenvalue weighted by molar-refractivity contribution is 6.21. The van der Waals surface area contributed by atoms with E-state index in [9.17, 15) is 0 Å². The number of hydrogen-bond donors (Lipinski definition) is 0. The summed E-state index contributed by atoms with van der Waals surface area (Å²) in [6.45, 7) is 0. The van der Waals surface area contributed by atoms with E-state index in [1.54, 1.807) is 0 Å². The quantitative estimate of drug-likeness (QED) is 0.201. The Labute approximate surface area is 266 Å². The summed E-state index contributed by atoms with van der Waals surface area (Å²) in [4.78, 5) is 0. The number of ether oxygens (including phenoxy) is 1. The maximum atomic E-state index is 6.34. The Hall–Kier alpha value is -6.12. The van der Waals surface area contributed by atoms with Gasteiger partial charge in [-0.25, -0.2) is 0 Å². The number of benzene rings is 8. The van der Waals surface area contributed by atoms with E-state index in [0.29, 0.717) is 0 Å². The van der Waals surface area contributed by atoms with Gasteiger partial charge < -0.3 is 9.30 Å². The average Bonchev–Trinajstić information content (AvgIpc) is 3.46. The van der Waals surface area contributed by atoms with Gasteiger partial charge in [0.15, 0.2) is 0 Å². The highest BCUT2D eigenvalue weighted by atomic mass is 16.5. The van der Waals surface area contributed by atoms with E-state index >= 15 is 0 Å². The van der Waals surface area contributed by atoms with Crippen LogP contribution in [-0.2, 0) is 0 Å². The van der Waals surface area contributed by atoms with Crippen LogP contribution in [0.4, 0.5) is 0 Å². The monoisotopic (exact) mass is 585 g/mol. The highest BCUT2D eigenvalue weighted by Crippen LogP contribution is 2.47. The Kier molecular flexibility index (Phi) is 5.31. The molecule has 9 aromatic rings. The molecule has 1 aliphatic rings. The Morgan fingerprint density at radius 1 is 0.370 bits per heavy atom. The Morgan fingerprint density at radius 2 is 1.07 bits per heavy atom. The molecule has 1 aliphatic heterocycles. The fourth-order valence-corrected chi connectivity index (χ4v) is 7.42. The lowest BCUT2D eigenvalue weighted by molar-refractivity contribution is 0.487. The van der Waals surface area contributed by atoms with E-state index in [-0.39, 0.29) is 0 Å². The summed E-state index contributed by atoms with van der Waals surface area (Å²) in [6.07, 6.45) is 0. The van der Waals surface area contributed by atoms with Crippen LogP contribution in [0.2, 0.25) is 0 Å². The molecule has 0 saturated heterocycles. The van der Waals surface area contributed by atoms with Crippen LogP contribution in [0.15, 0.2) is 164 Å². The van der Waals surface area contributed by atoms with E-state index in [2.05, 4.69) is 168 Å². The number of nitrogens with zero attached hydrogens (tertiary/aromatic N) is 1. The lowest BCUT2D eigenvalue weighted by Crippen LogP contribution is -1.97. The molecule has 46 heavy (non-hydrogen) atoms. The molecular formula is C44H27NO. The van der Waals surface area contributed by atoms with Crippen molar-refractivity contribution in [3.8, 4) is 50.6 Å². The summed E-state index contributed by atoms with van der Waals surface area (Å²) in [5.41, 5.74) is 10.7. The summed E-state index contributed by atoms with van der Waals surface area (Å²) in [5.74, 6) is 1.83. The van der Waals surface area contributed by atoms with Crippen molar-refractivity contribution in [2.45, 2.75) is 0 Å². The molecule has 0 amide bonds.